The van der Waals surface area contributed by atoms with E-state index in [-0.39, 0.29) is 0 Å². The molecule has 0 aromatic heterocycles. The number of allylic oxidation sites excluding steroid dienone is 1. The third-order valence-corrected chi connectivity index (χ3v) is 3.07. The van der Waals surface area contributed by atoms with Crippen molar-refractivity contribution in [2.24, 2.45) is 0 Å². The van der Waals surface area contributed by atoms with Crippen LogP contribution in [0.4, 0.5) is 39.5 Å². The summed E-state index contributed by atoms with van der Waals surface area (Å²) < 4.78 is 135. The average molecular weight is 340 g/mol. The van der Waals surface area contributed by atoms with E-state index in [1.807, 2.05) is 0 Å². The molecule has 0 heterocycles. The quantitative estimate of drug-likeness (QED) is 0.438. The molecule has 0 saturated carbocycles. The van der Waals surface area contributed by atoms with Gasteiger partial charge < -0.3 is 4.18 Å². The lowest BCUT2D eigenvalue weighted by Gasteiger charge is -2.32. The highest BCUT2D eigenvalue weighted by Crippen LogP contribution is 2.55. The molecule has 0 spiro atoms. The number of rotatable bonds is 5. The van der Waals surface area contributed by atoms with Crippen LogP contribution in [0.2, 0.25) is 0 Å². The Morgan fingerprint density at radius 3 is 1.50 bits per heavy atom. The molecule has 20 heavy (non-hydrogen) atoms. The van der Waals surface area contributed by atoms with Crippen LogP contribution in [0.15, 0.2) is 12.3 Å². The van der Waals surface area contributed by atoms with Crippen LogP contribution in [0.1, 0.15) is 6.92 Å². The Morgan fingerprint density at radius 2 is 1.25 bits per heavy atom. The standard InChI is InChI=1S/C7H5F9O3S/c1-3(2)19-20(17,18)7(15,16)5(10,11)4(8,9)6(12,13)14/h1H2,2H3. The van der Waals surface area contributed by atoms with E-state index in [1.54, 1.807) is 0 Å². The molecule has 0 aromatic rings. The molecule has 0 aromatic carbocycles. The van der Waals surface area contributed by atoms with E-state index in [0.29, 0.717) is 6.92 Å². The Balaban J connectivity index is 6.01. The van der Waals surface area contributed by atoms with Crippen LogP contribution in [0.5, 0.6) is 0 Å². The topological polar surface area (TPSA) is 43.4 Å². The molecule has 0 atom stereocenters. The van der Waals surface area contributed by atoms with Crippen molar-refractivity contribution in [2.75, 3.05) is 0 Å². The molecule has 0 aliphatic carbocycles. The van der Waals surface area contributed by atoms with Gasteiger partial charge >= 0.3 is 33.4 Å². The van der Waals surface area contributed by atoms with Crippen molar-refractivity contribution < 1.29 is 52.1 Å². The lowest BCUT2D eigenvalue weighted by atomic mass is 10.1. The Kier molecular flexibility index (Phi) is 4.43. The summed E-state index contributed by atoms with van der Waals surface area (Å²) in [7, 11) is -6.82. The fourth-order valence-electron chi connectivity index (χ4n) is 0.757. The number of halogens is 9. The van der Waals surface area contributed by atoms with Crippen LogP contribution in [-0.2, 0) is 14.3 Å². The summed E-state index contributed by atoms with van der Waals surface area (Å²) in [5.41, 5.74) is 0. The first kappa shape index (κ1) is 18.9. The highest BCUT2D eigenvalue weighted by atomic mass is 32.2. The summed E-state index contributed by atoms with van der Waals surface area (Å²) in [6, 6.07) is 0. The fourth-order valence-corrected chi connectivity index (χ4v) is 1.68. The summed E-state index contributed by atoms with van der Waals surface area (Å²) in [4.78, 5) is 0. The minimum Gasteiger partial charge on any atom is -0.384 e. The lowest BCUT2D eigenvalue weighted by Crippen LogP contribution is -2.63. The number of hydrogen-bond acceptors (Lipinski definition) is 3. The molecular formula is C7H5F9O3S. The molecule has 0 bridgehead atoms. The predicted molar refractivity (Wildman–Crippen MR) is 45.7 cm³/mol. The van der Waals surface area contributed by atoms with Crippen molar-refractivity contribution in [1.29, 1.82) is 0 Å². The minimum absolute atomic E-state index is 0.563. The Labute approximate surface area is 106 Å². The van der Waals surface area contributed by atoms with Crippen molar-refractivity contribution in [1.82, 2.24) is 0 Å². The molecule has 0 amide bonds. The molecule has 3 nitrogen and oxygen atoms in total. The van der Waals surface area contributed by atoms with E-state index in [0.717, 1.165) is 0 Å². The summed E-state index contributed by atoms with van der Waals surface area (Å²) >= 11 is 0. The second-order valence-corrected chi connectivity index (χ2v) is 4.99. The summed E-state index contributed by atoms with van der Waals surface area (Å²) in [6.07, 6.45) is -7.11. The Morgan fingerprint density at radius 1 is 0.900 bits per heavy atom. The van der Waals surface area contributed by atoms with Gasteiger partial charge in [-0.3, -0.25) is 0 Å². The number of hydrogen-bond donors (Lipinski definition) is 0. The van der Waals surface area contributed by atoms with E-state index < -0.39 is 39.2 Å². The molecule has 0 rings (SSSR count). The fraction of sp³-hybridized carbons (Fsp3) is 0.714. The van der Waals surface area contributed by atoms with Crippen molar-refractivity contribution in [3.63, 3.8) is 0 Å². The summed E-state index contributed by atoms with van der Waals surface area (Å²) in [5.74, 6) is -15.8. The van der Waals surface area contributed by atoms with Crippen LogP contribution >= 0.6 is 0 Å². The smallest absolute Gasteiger partial charge is 0.384 e. The Hall–Kier alpha value is -1.14. The molecule has 0 fully saturated rings. The maximum Gasteiger partial charge on any atom is 0.460 e. The zero-order valence-electron chi connectivity index (χ0n) is 9.24. The molecule has 0 radical (unpaired) electrons. The zero-order chi connectivity index (χ0) is 16.8. The molecule has 0 aliphatic heterocycles. The first-order valence-corrected chi connectivity index (χ1v) is 5.62. The first-order chi connectivity index (χ1) is 8.42. The van der Waals surface area contributed by atoms with Gasteiger partial charge in [-0.1, -0.05) is 6.58 Å². The zero-order valence-corrected chi connectivity index (χ0v) is 10.1. The maximum absolute atomic E-state index is 12.9. The molecule has 120 valence electrons. The Bertz CT molecular complexity index is 490. The van der Waals surface area contributed by atoms with Crippen molar-refractivity contribution >= 4 is 10.1 Å². The van der Waals surface area contributed by atoms with E-state index >= 15 is 0 Å². The van der Waals surface area contributed by atoms with Crippen molar-refractivity contribution in [2.45, 2.75) is 30.2 Å². The highest BCUT2D eigenvalue weighted by molar-refractivity contribution is 7.88. The van der Waals surface area contributed by atoms with Gasteiger partial charge in [0.2, 0.25) is 0 Å². The molecule has 0 saturated heterocycles. The van der Waals surface area contributed by atoms with Crippen LogP contribution in [-0.4, -0.2) is 31.7 Å². The van der Waals surface area contributed by atoms with Gasteiger partial charge in [0.1, 0.15) is 5.76 Å². The van der Waals surface area contributed by atoms with Gasteiger partial charge in [0.15, 0.2) is 0 Å². The van der Waals surface area contributed by atoms with Gasteiger partial charge in [-0.25, -0.2) is 0 Å². The van der Waals surface area contributed by atoms with Gasteiger partial charge in [-0.2, -0.15) is 47.9 Å². The summed E-state index contributed by atoms with van der Waals surface area (Å²) in [5, 5.41) is -6.85. The second kappa shape index (κ2) is 4.70. The van der Waals surface area contributed by atoms with E-state index in [4.69, 9.17) is 0 Å². The van der Waals surface area contributed by atoms with Crippen LogP contribution in [0.25, 0.3) is 0 Å². The monoisotopic (exact) mass is 340 g/mol. The SMILES string of the molecule is C=C(C)OS(=O)(=O)C(F)(F)C(F)(F)C(F)(F)C(F)(F)F. The molecule has 13 heteroatoms. The third kappa shape index (κ3) is 2.67. The maximum atomic E-state index is 12.9. The lowest BCUT2D eigenvalue weighted by molar-refractivity contribution is -0.382. The first-order valence-electron chi connectivity index (χ1n) is 4.21. The van der Waals surface area contributed by atoms with Gasteiger partial charge in [0.05, 0.1) is 0 Å². The van der Waals surface area contributed by atoms with Crippen LogP contribution in [0.3, 0.4) is 0 Å². The van der Waals surface area contributed by atoms with Crippen molar-refractivity contribution in [3.8, 4) is 0 Å². The molecule has 0 N–H and O–H groups in total. The second-order valence-electron chi connectivity index (χ2n) is 3.40. The van der Waals surface area contributed by atoms with Crippen LogP contribution < -0.4 is 0 Å². The van der Waals surface area contributed by atoms with Crippen molar-refractivity contribution in [3.05, 3.63) is 12.3 Å². The normalized spacial score (nSPS) is 15.1. The molecule has 0 aliphatic rings. The average Bonchev–Trinajstić information content (AvgIpc) is 2.12. The van der Waals surface area contributed by atoms with E-state index in [9.17, 15) is 47.9 Å². The largest absolute Gasteiger partial charge is 0.460 e. The van der Waals surface area contributed by atoms with Gasteiger partial charge in [-0.05, 0) is 6.92 Å². The predicted octanol–water partition coefficient (Wildman–Crippen LogP) is 3.29. The van der Waals surface area contributed by atoms with E-state index in [1.165, 1.54) is 0 Å². The van der Waals surface area contributed by atoms with Crippen LogP contribution in [0, 0.1) is 0 Å². The van der Waals surface area contributed by atoms with E-state index in [2.05, 4.69) is 10.8 Å². The third-order valence-electron chi connectivity index (χ3n) is 1.68. The minimum atomic E-state index is -7.31. The number of alkyl halides is 9. The summed E-state index contributed by atoms with van der Waals surface area (Å²) in [6.45, 7) is 3.12. The van der Waals surface area contributed by atoms with Gasteiger partial charge in [0.25, 0.3) is 0 Å². The van der Waals surface area contributed by atoms with Gasteiger partial charge in [-0.15, -0.1) is 0 Å². The highest BCUT2D eigenvalue weighted by Gasteiger charge is 2.86. The van der Waals surface area contributed by atoms with Gasteiger partial charge in [0, 0.05) is 0 Å². The molecular weight excluding hydrogens is 335 g/mol. The molecule has 0 unspecified atom stereocenters.